The number of rotatable bonds is 6. The van der Waals surface area contributed by atoms with Crippen molar-refractivity contribution in [3.05, 3.63) is 49.3 Å². The van der Waals surface area contributed by atoms with Gasteiger partial charge in [0.15, 0.2) is 17.0 Å². The number of hydrogen-bond donors (Lipinski definition) is 1. The van der Waals surface area contributed by atoms with E-state index in [-0.39, 0.29) is 17.7 Å². The summed E-state index contributed by atoms with van der Waals surface area (Å²) in [6.07, 6.45) is 2.78. The highest BCUT2D eigenvalue weighted by molar-refractivity contribution is 9.10. The van der Waals surface area contributed by atoms with Crippen LogP contribution in [-0.4, -0.2) is 45.0 Å². The van der Waals surface area contributed by atoms with Gasteiger partial charge in [-0.2, -0.15) is 5.10 Å². The molecule has 0 saturated heterocycles. The number of fused-ring (bicyclic) bond motifs is 1. The van der Waals surface area contributed by atoms with Gasteiger partial charge in [-0.05, 0) is 28.1 Å². The number of hydrogen-bond acceptors (Lipinski definition) is 7. The maximum absolute atomic E-state index is 12.3. The normalized spacial score (nSPS) is 11.2. The highest BCUT2D eigenvalue weighted by Gasteiger charge is 2.15. The van der Waals surface area contributed by atoms with Crippen molar-refractivity contribution in [2.24, 2.45) is 19.2 Å². The summed E-state index contributed by atoms with van der Waals surface area (Å²) in [6, 6.07) is 3.42. The predicted octanol–water partition coefficient (Wildman–Crippen LogP) is 0.364. The lowest BCUT2D eigenvalue weighted by Gasteiger charge is -2.09. The number of carbonyl (C=O) groups is 1. The molecule has 0 atom stereocenters. The van der Waals surface area contributed by atoms with Crippen molar-refractivity contribution < 1.29 is 14.3 Å². The van der Waals surface area contributed by atoms with Gasteiger partial charge in [-0.1, -0.05) is 0 Å². The van der Waals surface area contributed by atoms with E-state index >= 15 is 0 Å². The van der Waals surface area contributed by atoms with Crippen molar-refractivity contribution in [1.82, 2.24) is 24.1 Å². The van der Waals surface area contributed by atoms with E-state index in [1.807, 2.05) is 0 Å². The average molecular weight is 479 g/mol. The molecule has 0 fully saturated rings. The Morgan fingerprint density at radius 2 is 1.87 bits per heavy atom. The quantitative estimate of drug-likeness (QED) is 0.403. The number of aromatic nitrogens is 4. The van der Waals surface area contributed by atoms with Crippen LogP contribution in [-0.2, 0) is 25.4 Å². The second kappa shape index (κ2) is 8.53. The number of amides is 1. The molecule has 0 bridgehead atoms. The number of ether oxygens (including phenoxy) is 2. The molecule has 1 aromatic carbocycles. The van der Waals surface area contributed by atoms with Crippen LogP contribution in [0.2, 0.25) is 0 Å². The summed E-state index contributed by atoms with van der Waals surface area (Å²) >= 11 is 3.41. The van der Waals surface area contributed by atoms with Crippen LogP contribution in [0.1, 0.15) is 5.56 Å². The molecule has 1 amide bonds. The minimum atomic E-state index is -0.524. The number of hydrazone groups is 1. The van der Waals surface area contributed by atoms with Gasteiger partial charge in [-0.25, -0.2) is 15.2 Å². The van der Waals surface area contributed by atoms with Crippen molar-refractivity contribution in [2.75, 3.05) is 14.2 Å². The molecule has 2 heterocycles. The monoisotopic (exact) mass is 478 g/mol. The van der Waals surface area contributed by atoms with E-state index < -0.39 is 17.2 Å². The Bertz CT molecular complexity index is 1270. The summed E-state index contributed by atoms with van der Waals surface area (Å²) in [4.78, 5) is 40.6. The largest absolute Gasteiger partial charge is 0.493 e. The van der Waals surface area contributed by atoms with E-state index in [0.717, 1.165) is 4.57 Å². The lowest BCUT2D eigenvalue weighted by atomic mass is 10.2. The third kappa shape index (κ3) is 3.85. The van der Waals surface area contributed by atoms with Gasteiger partial charge < -0.3 is 14.0 Å². The van der Waals surface area contributed by atoms with Crippen molar-refractivity contribution in [3.8, 4) is 11.5 Å². The van der Waals surface area contributed by atoms with Crippen LogP contribution in [0.15, 0.2) is 37.6 Å². The second-order valence-corrected chi connectivity index (χ2v) is 7.13. The van der Waals surface area contributed by atoms with Crippen LogP contribution in [0.4, 0.5) is 0 Å². The highest BCUT2D eigenvalue weighted by Crippen LogP contribution is 2.32. The number of nitrogens with one attached hydrogen (secondary N) is 1. The van der Waals surface area contributed by atoms with Crippen LogP contribution in [0, 0.1) is 0 Å². The topological polar surface area (TPSA) is 122 Å². The summed E-state index contributed by atoms with van der Waals surface area (Å²) in [6.45, 7) is -0.179. The first-order chi connectivity index (χ1) is 14.3. The van der Waals surface area contributed by atoms with E-state index in [1.165, 1.54) is 50.0 Å². The summed E-state index contributed by atoms with van der Waals surface area (Å²) < 4.78 is 14.8. The zero-order chi connectivity index (χ0) is 22.0. The molecule has 0 spiro atoms. The molecule has 0 saturated carbocycles. The highest BCUT2D eigenvalue weighted by atomic mass is 79.9. The van der Waals surface area contributed by atoms with Gasteiger partial charge >= 0.3 is 5.69 Å². The third-order valence-electron chi connectivity index (χ3n) is 4.42. The van der Waals surface area contributed by atoms with Crippen LogP contribution < -0.4 is 26.1 Å². The Labute approximate surface area is 178 Å². The Morgan fingerprint density at radius 1 is 1.20 bits per heavy atom. The number of carbonyl (C=O) groups excluding carboxylic acids is 1. The fourth-order valence-corrected chi connectivity index (χ4v) is 3.31. The maximum Gasteiger partial charge on any atom is 0.332 e. The zero-order valence-electron chi connectivity index (χ0n) is 16.7. The second-order valence-electron chi connectivity index (χ2n) is 6.27. The Morgan fingerprint density at radius 3 is 2.53 bits per heavy atom. The smallest absolute Gasteiger partial charge is 0.332 e. The van der Waals surface area contributed by atoms with Gasteiger partial charge in [0.05, 0.1) is 26.8 Å². The van der Waals surface area contributed by atoms with Crippen molar-refractivity contribution in [3.63, 3.8) is 0 Å². The zero-order valence-corrected chi connectivity index (χ0v) is 18.3. The average Bonchev–Trinajstić information content (AvgIpc) is 3.15. The van der Waals surface area contributed by atoms with Crippen LogP contribution >= 0.6 is 15.9 Å². The molecule has 11 nitrogen and oxygen atoms in total. The molecule has 30 heavy (non-hydrogen) atoms. The Kier molecular flexibility index (Phi) is 6.06. The van der Waals surface area contributed by atoms with Crippen molar-refractivity contribution in [1.29, 1.82) is 0 Å². The molecular formula is C18H19BrN6O5. The van der Waals surface area contributed by atoms with Gasteiger partial charge in [0.1, 0.15) is 12.2 Å². The van der Waals surface area contributed by atoms with Gasteiger partial charge in [-0.15, -0.1) is 0 Å². The summed E-state index contributed by atoms with van der Waals surface area (Å²) in [5, 5.41) is 3.95. The minimum Gasteiger partial charge on any atom is -0.493 e. The van der Waals surface area contributed by atoms with Gasteiger partial charge in [0, 0.05) is 24.1 Å². The maximum atomic E-state index is 12.3. The Hall–Kier alpha value is -3.41. The molecule has 2 aromatic heterocycles. The molecule has 1 N–H and O–H groups in total. The molecule has 158 valence electrons. The summed E-state index contributed by atoms with van der Waals surface area (Å²) in [5.74, 6) is 0.602. The SMILES string of the molecule is COc1cc(Br)c(/C=N/NC(=O)Cn2cnc3c(=O)n(C)c(=O)n(C)c32)cc1OC. The predicted molar refractivity (Wildman–Crippen MR) is 113 cm³/mol. The molecule has 0 aliphatic rings. The first-order valence-electron chi connectivity index (χ1n) is 8.62. The van der Waals surface area contributed by atoms with E-state index in [0.29, 0.717) is 21.5 Å². The fraction of sp³-hybridized carbons (Fsp3) is 0.278. The lowest BCUT2D eigenvalue weighted by molar-refractivity contribution is -0.121. The molecule has 3 rings (SSSR count). The standard InChI is InChI=1S/C18H19BrN6O5/c1-23-16-15(17(27)24(2)18(23)28)20-9-25(16)8-14(26)22-21-7-10-5-12(29-3)13(30-4)6-11(10)19/h5-7,9H,8H2,1-4H3,(H,22,26)/b21-7+. The molecule has 0 aliphatic heterocycles. The minimum absolute atomic E-state index is 0.102. The van der Waals surface area contributed by atoms with E-state index in [9.17, 15) is 14.4 Å². The molecule has 3 aromatic rings. The van der Waals surface area contributed by atoms with Crippen LogP contribution in [0.3, 0.4) is 0 Å². The molecule has 0 radical (unpaired) electrons. The number of aryl methyl sites for hydroxylation is 1. The lowest BCUT2D eigenvalue weighted by Crippen LogP contribution is -2.37. The number of methoxy groups -OCH3 is 2. The molecular weight excluding hydrogens is 460 g/mol. The first kappa shape index (κ1) is 21.3. The number of benzene rings is 1. The third-order valence-corrected chi connectivity index (χ3v) is 5.11. The van der Waals surface area contributed by atoms with Gasteiger partial charge in [0.2, 0.25) is 0 Å². The Balaban J connectivity index is 1.79. The van der Waals surface area contributed by atoms with Crippen LogP contribution in [0.5, 0.6) is 11.5 Å². The van der Waals surface area contributed by atoms with Gasteiger partial charge in [-0.3, -0.25) is 18.7 Å². The van der Waals surface area contributed by atoms with E-state index in [1.54, 1.807) is 12.1 Å². The van der Waals surface area contributed by atoms with Gasteiger partial charge in [0.25, 0.3) is 11.5 Å². The van der Waals surface area contributed by atoms with Crippen molar-refractivity contribution in [2.45, 2.75) is 6.54 Å². The molecule has 0 aliphatic carbocycles. The van der Waals surface area contributed by atoms with E-state index in [4.69, 9.17) is 9.47 Å². The van der Waals surface area contributed by atoms with Crippen molar-refractivity contribution >= 4 is 39.2 Å². The fourth-order valence-electron chi connectivity index (χ4n) is 2.89. The summed E-state index contributed by atoms with van der Waals surface area (Å²) in [5.41, 5.74) is 2.39. The number of imidazole rings is 1. The van der Waals surface area contributed by atoms with Crippen LogP contribution in [0.25, 0.3) is 11.2 Å². The number of halogens is 1. The van der Waals surface area contributed by atoms with E-state index in [2.05, 4.69) is 31.4 Å². The first-order valence-corrected chi connectivity index (χ1v) is 9.42. The molecule has 0 unspecified atom stereocenters. The number of nitrogens with zero attached hydrogens (tertiary/aromatic N) is 5. The molecule has 12 heteroatoms. The summed E-state index contributed by atoms with van der Waals surface area (Å²) in [7, 11) is 5.93.